The molecule has 7 rings (SSSR count). The first-order valence-corrected chi connectivity index (χ1v) is 12.5. The maximum atomic E-state index is 5.16. The number of rotatable bonds is 3. The molecule has 35 heavy (non-hydrogen) atoms. The zero-order valence-electron chi connectivity index (χ0n) is 18.9. The van der Waals surface area contributed by atoms with Crippen LogP contribution in [0.15, 0.2) is 137 Å². The summed E-state index contributed by atoms with van der Waals surface area (Å²) < 4.78 is 2.21. The zero-order chi connectivity index (χ0) is 23.2. The molecule has 0 spiro atoms. The van der Waals surface area contributed by atoms with Crippen molar-refractivity contribution in [2.24, 2.45) is 0 Å². The average molecular weight is 468 g/mol. The normalized spacial score (nSPS) is 12.4. The van der Waals surface area contributed by atoms with Crippen LogP contribution in [0.2, 0.25) is 0 Å². The predicted octanol–water partition coefficient (Wildman–Crippen LogP) is 8.60. The summed E-state index contributed by atoms with van der Waals surface area (Å²) in [5, 5.41) is 0. The predicted molar refractivity (Wildman–Crippen MR) is 145 cm³/mol. The summed E-state index contributed by atoms with van der Waals surface area (Å²) >= 11 is 1.82. The van der Waals surface area contributed by atoms with Crippen molar-refractivity contribution in [1.82, 2.24) is 9.38 Å². The molecule has 4 heteroatoms. The van der Waals surface area contributed by atoms with Crippen LogP contribution in [-0.2, 0) is 0 Å². The number of anilines is 3. The Labute approximate surface area is 208 Å². The first-order chi connectivity index (χ1) is 17.4. The van der Waals surface area contributed by atoms with Gasteiger partial charge in [-0.05, 0) is 30.3 Å². The maximum Gasteiger partial charge on any atom is 0.140 e. The van der Waals surface area contributed by atoms with Crippen LogP contribution in [0, 0.1) is 0 Å². The molecule has 0 amide bonds. The van der Waals surface area contributed by atoms with E-state index in [1.165, 1.54) is 21.2 Å². The summed E-state index contributed by atoms with van der Waals surface area (Å²) in [6.45, 7) is 0. The number of hydrogen-bond acceptors (Lipinski definition) is 3. The quantitative estimate of drug-likeness (QED) is 0.259. The molecule has 4 aromatic carbocycles. The average Bonchev–Trinajstić information content (AvgIpc) is 3.31. The number of aromatic nitrogens is 2. The molecule has 1 aliphatic rings. The van der Waals surface area contributed by atoms with E-state index in [0.29, 0.717) is 0 Å². The molecular weight excluding hydrogens is 446 g/mol. The van der Waals surface area contributed by atoms with E-state index in [1.807, 2.05) is 17.8 Å². The third-order valence-electron chi connectivity index (χ3n) is 6.39. The lowest BCUT2D eigenvalue weighted by Crippen LogP contribution is -2.14. The van der Waals surface area contributed by atoms with Crippen LogP contribution in [0.25, 0.3) is 28.2 Å². The van der Waals surface area contributed by atoms with Crippen LogP contribution in [-0.4, -0.2) is 9.38 Å². The van der Waals surface area contributed by atoms with Gasteiger partial charge in [0.2, 0.25) is 0 Å². The Morgan fingerprint density at radius 2 is 1.14 bits per heavy atom. The summed E-state index contributed by atoms with van der Waals surface area (Å²) in [5.74, 6) is 0. The first-order valence-electron chi connectivity index (χ1n) is 11.7. The third-order valence-corrected chi connectivity index (χ3v) is 7.52. The summed E-state index contributed by atoms with van der Waals surface area (Å²) in [4.78, 5) is 10.0. The van der Waals surface area contributed by atoms with E-state index in [-0.39, 0.29) is 0 Å². The highest BCUT2D eigenvalue weighted by molar-refractivity contribution is 7.99. The third kappa shape index (κ3) is 3.34. The standard InChI is InChI=1S/C31H21N3S/c1-3-11-22(12-4-1)30-31(23-13-5-2-6-14-23)33-20-19-24(21-29(33)32-30)34-25-15-7-9-17-27(25)35-28-18-10-8-16-26(28)34/h1-21H. The van der Waals surface area contributed by atoms with Gasteiger partial charge in [-0.3, -0.25) is 4.40 Å². The minimum Gasteiger partial charge on any atom is -0.308 e. The van der Waals surface area contributed by atoms with Crippen LogP contribution in [0.3, 0.4) is 0 Å². The molecule has 0 fully saturated rings. The number of imidazole rings is 1. The van der Waals surface area contributed by atoms with Gasteiger partial charge in [0.25, 0.3) is 0 Å². The van der Waals surface area contributed by atoms with E-state index in [9.17, 15) is 0 Å². The van der Waals surface area contributed by atoms with Gasteiger partial charge >= 0.3 is 0 Å². The van der Waals surface area contributed by atoms with E-state index in [4.69, 9.17) is 4.98 Å². The monoisotopic (exact) mass is 467 g/mol. The van der Waals surface area contributed by atoms with Crippen molar-refractivity contribution < 1.29 is 0 Å². The maximum absolute atomic E-state index is 5.16. The fraction of sp³-hybridized carbons (Fsp3) is 0. The molecule has 0 radical (unpaired) electrons. The van der Waals surface area contributed by atoms with Gasteiger partial charge in [-0.2, -0.15) is 0 Å². The van der Waals surface area contributed by atoms with Crippen molar-refractivity contribution in [3.8, 4) is 22.5 Å². The molecule has 0 saturated carbocycles. The van der Waals surface area contributed by atoms with Crippen molar-refractivity contribution in [3.05, 3.63) is 128 Å². The Morgan fingerprint density at radius 3 is 1.80 bits per heavy atom. The molecule has 0 bridgehead atoms. The van der Waals surface area contributed by atoms with Crippen LogP contribution in [0.5, 0.6) is 0 Å². The molecular formula is C31H21N3S. The van der Waals surface area contributed by atoms with Gasteiger partial charge in [0.05, 0.1) is 28.5 Å². The van der Waals surface area contributed by atoms with E-state index >= 15 is 0 Å². The smallest absolute Gasteiger partial charge is 0.140 e. The van der Waals surface area contributed by atoms with Gasteiger partial charge in [0, 0.05) is 33.2 Å². The van der Waals surface area contributed by atoms with Crippen molar-refractivity contribution in [2.45, 2.75) is 9.79 Å². The Morgan fingerprint density at radius 1 is 0.571 bits per heavy atom. The largest absolute Gasteiger partial charge is 0.308 e. The van der Waals surface area contributed by atoms with Gasteiger partial charge in [-0.15, -0.1) is 0 Å². The van der Waals surface area contributed by atoms with Crippen LogP contribution in [0.1, 0.15) is 0 Å². The highest BCUT2D eigenvalue weighted by Crippen LogP contribution is 2.51. The highest BCUT2D eigenvalue weighted by atomic mass is 32.2. The minimum absolute atomic E-state index is 0.924. The van der Waals surface area contributed by atoms with E-state index < -0.39 is 0 Å². The van der Waals surface area contributed by atoms with Crippen molar-refractivity contribution in [3.63, 3.8) is 0 Å². The summed E-state index contributed by atoms with van der Waals surface area (Å²) in [7, 11) is 0. The molecule has 3 nitrogen and oxygen atoms in total. The van der Waals surface area contributed by atoms with Crippen LogP contribution >= 0.6 is 11.8 Å². The topological polar surface area (TPSA) is 20.5 Å². The van der Waals surface area contributed by atoms with Gasteiger partial charge < -0.3 is 4.90 Å². The molecule has 0 saturated heterocycles. The number of benzene rings is 4. The lowest BCUT2D eigenvalue weighted by Gasteiger charge is -2.32. The number of para-hydroxylation sites is 2. The second-order valence-corrected chi connectivity index (χ2v) is 9.61. The Kier molecular flexibility index (Phi) is 4.71. The zero-order valence-corrected chi connectivity index (χ0v) is 19.7. The lowest BCUT2D eigenvalue weighted by molar-refractivity contribution is 1.14. The lowest BCUT2D eigenvalue weighted by atomic mass is 10.1. The van der Waals surface area contributed by atoms with Crippen molar-refractivity contribution >= 4 is 34.5 Å². The molecule has 166 valence electrons. The van der Waals surface area contributed by atoms with Crippen molar-refractivity contribution in [2.75, 3.05) is 4.90 Å². The van der Waals surface area contributed by atoms with Gasteiger partial charge in [-0.1, -0.05) is 96.7 Å². The van der Waals surface area contributed by atoms with E-state index in [2.05, 4.69) is 131 Å². The Balaban J connectivity index is 1.46. The Hall–Kier alpha value is -4.28. The number of pyridine rings is 1. The molecule has 3 heterocycles. The molecule has 0 atom stereocenters. The van der Waals surface area contributed by atoms with Crippen molar-refractivity contribution in [1.29, 1.82) is 0 Å². The molecule has 0 aliphatic carbocycles. The highest BCUT2D eigenvalue weighted by Gasteiger charge is 2.25. The second-order valence-electron chi connectivity index (χ2n) is 8.53. The SMILES string of the molecule is c1ccc(-c2nc3cc(N4c5ccccc5Sc5ccccc54)ccn3c2-c2ccccc2)cc1. The van der Waals surface area contributed by atoms with E-state index in [0.717, 1.165) is 33.8 Å². The number of nitrogens with zero attached hydrogens (tertiary/aromatic N) is 3. The van der Waals surface area contributed by atoms with Crippen LogP contribution in [0.4, 0.5) is 17.1 Å². The molecule has 2 aromatic heterocycles. The van der Waals surface area contributed by atoms with Gasteiger partial charge in [0.15, 0.2) is 0 Å². The second kappa shape index (κ2) is 8.19. The molecule has 1 aliphatic heterocycles. The first kappa shape index (κ1) is 20.1. The summed E-state index contributed by atoms with van der Waals surface area (Å²) in [6, 6.07) is 42.5. The number of hydrogen-bond donors (Lipinski definition) is 0. The van der Waals surface area contributed by atoms with Gasteiger partial charge in [-0.25, -0.2) is 4.98 Å². The van der Waals surface area contributed by atoms with Crippen LogP contribution < -0.4 is 4.90 Å². The fourth-order valence-electron chi connectivity index (χ4n) is 4.83. The summed E-state index contributed by atoms with van der Waals surface area (Å²) in [5.41, 5.74) is 8.77. The molecule has 6 aromatic rings. The fourth-order valence-corrected chi connectivity index (χ4v) is 5.88. The minimum atomic E-state index is 0.924. The van der Waals surface area contributed by atoms with E-state index in [1.54, 1.807) is 0 Å². The number of fused-ring (bicyclic) bond motifs is 3. The van der Waals surface area contributed by atoms with Gasteiger partial charge in [0.1, 0.15) is 5.65 Å². The summed E-state index contributed by atoms with van der Waals surface area (Å²) in [6.07, 6.45) is 2.15. The molecule has 0 N–H and O–H groups in total. The Bertz CT molecular complexity index is 1630. The molecule has 0 unspecified atom stereocenters.